The molecule has 1 N–H and O–H groups in total. The van der Waals surface area contributed by atoms with Crippen LogP contribution in [0.3, 0.4) is 0 Å². The summed E-state index contributed by atoms with van der Waals surface area (Å²) in [5.74, 6) is 1.35. The quantitative estimate of drug-likeness (QED) is 0.930. The number of fused-ring (bicyclic) bond motifs is 1. The van der Waals surface area contributed by atoms with Gasteiger partial charge in [0.2, 0.25) is 0 Å². The Bertz CT molecular complexity index is 660. The van der Waals surface area contributed by atoms with E-state index in [2.05, 4.69) is 41.9 Å². The Labute approximate surface area is 126 Å². The Balaban J connectivity index is 1.92. The van der Waals surface area contributed by atoms with Gasteiger partial charge in [-0.05, 0) is 63.3 Å². The average Bonchev–Trinajstić information content (AvgIpc) is 3.28. The summed E-state index contributed by atoms with van der Waals surface area (Å²) >= 11 is 0. The largest absolute Gasteiger partial charge is 0.324 e. The van der Waals surface area contributed by atoms with Crippen molar-refractivity contribution >= 4 is 11.0 Å². The Morgan fingerprint density at radius 2 is 2.24 bits per heavy atom. The molecule has 0 radical (unpaired) electrons. The lowest BCUT2D eigenvalue weighted by Crippen LogP contribution is -2.44. The van der Waals surface area contributed by atoms with Crippen molar-refractivity contribution in [3.8, 4) is 0 Å². The fraction of sp³-hybridized carbons (Fsp3) is 0.611. The van der Waals surface area contributed by atoms with E-state index < -0.39 is 0 Å². The van der Waals surface area contributed by atoms with Crippen molar-refractivity contribution in [3.63, 3.8) is 0 Å². The first-order chi connectivity index (χ1) is 10.2. The summed E-state index contributed by atoms with van der Waals surface area (Å²) in [6.45, 7) is 6.73. The van der Waals surface area contributed by atoms with E-state index in [0.717, 1.165) is 13.1 Å². The number of hydrogen-bond acceptors (Lipinski definition) is 2. The second-order valence-corrected chi connectivity index (χ2v) is 6.94. The van der Waals surface area contributed by atoms with E-state index in [1.807, 2.05) is 0 Å². The van der Waals surface area contributed by atoms with Crippen LogP contribution in [0.5, 0.6) is 0 Å². The van der Waals surface area contributed by atoms with Crippen LogP contribution in [0.1, 0.15) is 56.5 Å². The molecule has 1 aliphatic heterocycles. The molecular weight excluding hydrogens is 258 g/mol. The molecular formula is C18H25N3. The van der Waals surface area contributed by atoms with Gasteiger partial charge < -0.3 is 9.88 Å². The lowest BCUT2D eigenvalue weighted by molar-refractivity contribution is 0.280. The van der Waals surface area contributed by atoms with Gasteiger partial charge in [-0.2, -0.15) is 0 Å². The maximum absolute atomic E-state index is 5.12. The molecule has 1 saturated carbocycles. The van der Waals surface area contributed by atoms with Crippen LogP contribution in [-0.4, -0.2) is 22.6 Å². The third-order valence-electron chi connectivity index (χ3n) is 5.38. The molecule has 112 valence electrons. The standard InChI is InChI=1S/C18H25N3/c1-3-18(9-4-10-19-12-18)17-20-15-11-13(2)5-8-16(15)21(17)14-6-7-14/h5,8,11,14,19H,3-4,6-7,9-10,12H2,1-2H3. The molecule has 21 heavy (non-hydrogen) atoms. The molecule has 2 aliphatic rings. The van der Waals surface area contributed by atoms with Crippen LogP contribution < -0.4 is 5.32 Å². The van der Waals surface area contributed by atoms with Crippen molar-refractivity contribution in [2.45, 2.75) is 57.4 Å². The van der Waals surface area contributed by atoms with Gasteiger partial charge in [-0.1, -0.05) is 13.0 Å². The predicted octanol–water partition coefficient (Wildman–Crippen LogP) is 3.71. The van der Waals surface area contributed by atoms with E-state index in [1.54, 1.807) is 0 Å². The Hall–Kier alpha value is -1.35. The van der Waals surface area contributed by atoms with Crippen LogP contribution in [0, 0.1) is 6.92 Å². The fourth-order valence-electron chi connectivity index (χ4n) is 3.90. The molecule has 3 heteroatoms. The highest BCUT2D eigenvalue weighted by Crippen LogP contribution is 2.44. The molecule has 1 aromatic carbocycles. The number of aryl methyl sites for hydroxylation is 1. The lowest BCUT2D eigenvalue weighted by Gasteiger charge is -2.36. The number of nitrogens with zero attached hydrogens (tertiary/aromatic N) is 2. The van der Waals surface area contributed by atoms with Crippen LogP contribution >= 0.6 is 0 Å². The summed E-state index contributed by atoms with van der Waals surface area (Å²) in [4.78, 5) is 5.12. The van der Waals surface area contributed by atoms with E-state index in [-0.39, 0.29) is 5.41 Å². The minimum Gasteiger partial charge on any atom is -0.324 e. The first kappa shape index (κ1) is 13.3. The number of imidazole rings is 1. The highest BCUT2D eigenvalue weighted by molar-refractivity contribution is 5.77. The summed E-state index contributed by atoms with van der Waals surface area (Å²) in [7, 11) is 0. The molecule has 4 rings (SSSR count). The number of piperidine rings is 1. The van der Waals surface area contributed by atoms with E-state index >= 15 is 0 Å². The highest BCUT2D eigenvalue weighted by Gasteiger charge is 2.40. The second kappa shape index (κ2) is 4.84. The highest BCUT2D eigenvalue weighted by atomic mass is 15.2. The van der Waals surface area contributed by atoms with Gasteiger partial charge in [-0.25, -0.2) is 4.98 Å². The predicted molar refractivity (Wildman–Crippen MR) is 86.8 cm³/mol. The van der Waals surface area contributed by atoms with Crippen molar-refractivity contribution < 1.29 is 0 Å². The maximum atomic E-state index is 5.12. The van der Waals surface area contributed by atoms with Gasteiger partial charge in [0.05, 0.1) is 11.0 Å². The number of hydrogen-bond donors (Lipinski definition) is 1. The molecule has 1 atom stereocenters. The van der Waals surface area contributed by atoms with Crippen LogP contribution in [-0.2, 0) is 5.41 Å². The molecule has 1 aromatic heterocycles. The Morgan fingerprint density at radius 1 is 1.38 bits per heavy atom. The monoisotopic (exact) mass is 283 g/mol. The van der Waals surface area contributed by atoms with E-state index in [0.29, 0.717) is 6.04 Å². The summed E-state index contributed by atoms with van der Waals surface area (Å²) in [5.41, 5.74) is 4.07. The van der Waals surface area contributed by atoms with Gasteiger partial charge in [0.1, 0.15) is 5.82 Å². The van der Waals surface area contributed by atoms with Gasteiger partial charge in [-0.15, -0.1) is 0 Å². The van der Waals surface area contributed by atoms with E-state index in [9.17, 15) is 0 Å². The number of benzene rings is 1. The van der Waals surface area contributed by atoms with Gasteiger partial charge in [0, 0.05) is 18.0 Å². The third-order valence-corrected chi connectivity index (χ3v) is 5.38. The molecule has 1 unspecified atom stereocenters. The average molecular weight is 283 g/mol. The molecule has 0 bridgehead atoms. The maximum Gasteiger partial charge on any atom is 0.117 e. The van der Waals surface area contributed by atoms with Gasteiger partial charge >= 0.3 is 0 Å². The molecule has 0 amide bonds. The van der Waals surface area contributed by atoms with Gasteiger partial charge in [0.25, 0.3) is 0 Å². The zero-order valence-electron chi connectivity index (χ0n) is 13.2. The molecule has 2 aromatic rings. The molecule has 1 saturated heterocycles. The smallest absolute Gasteiger partial charge is 0.117 e. The number of rotatable bonds is 3. The first-order valence-corrected chi connectivity index (χ1v) is 8.43. The van der Waals surface area contributed by atoms with Crippen LogP contribution in [0.4, 0.5) is 0 Å². The minimum absolute atomic E-state index is 0.230. The summed E-state index contributed by atoms with van der Waals surface area (Å²) in [6, 6.07) is 7.44. The van der Waals surface area contributed by atoms with Crippen LogP contribution in [0.25, 0.3) is 11.0 Å². The summed E-state index contributed by atoms with van der Waals surface area (Å²) < 4.78 is 2.57. The molecule has 0 spiro atoms. The van der Waals surface area contributed by atoms with Gasteiger partial charge in [0.15, 0.2) is 0 Å². The van der Waals surface area contributed by atoms with Crippen molar-refractivity contribution in [2.75, 3.05) is 13.1 Å². The zero-order valence-corrected chi connectivity index (χ0v) is 13.2. The summed E-state index contributed by atoms with van der Waals surface area (Å²) in [5, 5.41) is 3.61. The Kier molecular flexibility index (Phi) is 3.07. The Morgan fingerprint density at radius 3 is 2.90 bits per heavy atom. The van der Waals surface area contributed by atoms with Crippen molar-refractivity contribution in [1.29, 1.82) is 0 Å². The van der Waals surface area contributed by atoms with Crippen molar-refractivity contribution in [3.05, 3.63) is 29.6 Å². The third kappa shape index (κ3) is 2.10. The molecule has 2 heterocycles. The lowest BCUT2D eigenvalue weighted by atomic mass is 9.77. The summed E-state index contributed by atoms with van der Waals surface area (Å²) in [6.07, 6.45) is 6.35. The topological polar surface area (TPSA) is 29.9 Å². The van der Waals surface area contributed by atoms with E-state index in [4.69, 9.17) is 4.98 Å². The SMILES string of the molecule is CCC1(c2nc3cc(C)ccc3n2C2CC2)CCCNC1. The van der Waals surface area contributed by atoms with E-state index in [1.165, 1.54) is 54.5 Å². The first-order valence-electron chi connectivity index (χ1n) is 8.43. The molecule has 3 nitrogen and oxygen atoms in total. The zero-order chi connectivity index (χ0) is 14.4. The van der Waals surface area contributed by atoms with Gasteiger partial charge in [-0.3, -0.25) is 0 Å². The normalized spacial score (nSPS) is 26.4. The number of aromatic nitrogens is 2. The van der Waals surface area contributed by atoms with Crippen LogP contribution in [0.15, 0.2) is 18.2 Å². The van der Waals surface area contributed by atoms with Crippen molar-refractivity contribution in [1.82, 2.24) is 14.9 Å². The van der Waals surface area contributed by atoms with Crippen LogP contribution in [0.2, 0.25) is 0 Å². The molecule has 2 fully saturated rings. The fourth-order valence-corrected chi connectivity index (χ4v) is 3.90. The molecule has 1 aliphatic carbocycles. The minimum atomic E-state index is 0.230. The second-order valence-electron chi connectivity index (χ2n) is 6.94. The number of nitrogens with one attached hydrogen (secondary N) is 1. The van der Waals surface area contributed by atoms with Crippen molar-refractivity contribution in [2.24, 2.45) is 0 Å².